The third kappa shape index (κ3) is 2.84. The molecule has 0 fully saturated rings. The minimum Gasteiger partial charge on any atom is -0.484 e. The van der Waals surface area contributed by atoms with Crippen molar-refractivity contribution in [3.63, 3.8) is 0 Å². The first-order valence-corrected chi connectivity index (χ1v) is 5.57. The number of hydrogen-bond acceptors (Lipinski definition) is 2. The predicted octanol–water partition coefficient (Wildman–Crippen LogP) is 3.04. The first-order valence-electron chi connectivity index (χ1n) is 5.57. The number of rotatable bonds is 4. The number of ether oxygens (including phenoxy) is 1. The smallest absolute Gasteiger partial charge is 0.139 e. The van der Waals surface area contributed by atoms with Gasteiger partial charge >= 0.3 is 0 Å². The second-order valence-corrected chi connectivity index (χ2v) is 3.82. The van der Waals surface area contributed by atoms with Gasteiger partial charge in [0.05, 0.1) is 0 Å². The topological polar surface area (TPSA) is 35.2 Å². The minimum absolute atomic E-state index is 0.137. The second-order valence-electron chi connectivity index (χ2n) is 3.82. The van der Waals surface area contributed by atoms with E-state index in [0.29, 0.717) is 11.3 Å². The van der Waals surface area contributed by atoms with Gasteiger partial charge in [0.15, 0.2) is 0 Å². The van der Waals surface area contributed by atoms with E-state index in [4.69, 9.17) is 10.5 Å². The van der Waals surface area contributed by atoms with E-state index in [0.717, 1.165) is 0 Å². The lowest BCUT2D eigenvalue weighted by Gasteiger charge is -2.18. The molecule has 0 saturated carbocycles. The molecule has 0 aliphatic rings. The Morgan fingerprint density at radius 3 is 2.28 bits per heavy atom. The number of halogens is 2. The van der Waals surface area contributed by atoms with Gasteiger partial charge in [-0.25, -0.2) is 8.78 Å². The molecule has 2 nitrogen and oxygen atoms in total. The molecule has 0 aromatic heterocycles. The average Bonchev–Trinajstić information content (AvgIpc) is 2.39. The molecular formula is C14H13F2NO. The third-order valence-electron chi connectivity index (χ3n) is 2.56. The van der Waals surface area contributed by atoms with Crippen LogP contribution in [0.4, 0.5) is 8.78 Å². The van der Waals surface area contributed by atoms with Crippen molar-refractivity contribution in [2.45, 2.75) is 6.10 Å². The van der Waals surface area contributed by atoms with E-state index in [9.17, 15) is 8.78 Å². The highest BCUT2D eigenvalue weighted by Crippen LogP contribution is 2.23. The molecule has 0 heterocycles. The van der Waals surface area contributed by atoms with Gasteiger partial charge in [0, 0.05) is 12.1 Å². The van der Waals surface area contributed by atoms with Crippen molar-refractivity contribution in [3.8, 4) is 5.75 Å². The van der Waals surface area contributed by atoms with Crippen LogP contribution in [0.3, 0.4) is 0 Å². The molecule has 2 N–H and O–H groups in total. The van der Waals surface area contributed by atoms with Gasteiger partial charge in [-0.1, -0.05) is 18.2 Å². The molecule has 1 unspecified atom stereocenters. The summed E-state index contributed by atoms with van der Waals surface area (Å²) in [6.45, 7) is 0.137. The summed E-state index contributed by atoms with van der Waals surface area (Å²) in [5.74, 6) is -0.261. The fourth-order valence-electron chi connectivity index (χ4n) is 1.65. The third-order valence-corrected chi connectivity index (χ3v) is 2.56. The lowest BCUT2D eigenvalue weighted by molar-refractivity contribution is 0.209. The molecule has 0 saturated heterocycles. The van der Waals surface area contributed by atoms with Crippen LogP contribution in [0.5, 0.6) is 5.75 Å². The molecule has 0 aliphatic carbocycles. The Morgan fingerprint density at radius 1 is 1.00 bits per heavy atom. The molecule has 0 bridgehead atoms. The van der Waals surface area contributed by atoms with Gasteiger partial charge in [-0.3, -0.25) is 0 Å². The van der Waals surface area contributed by atoms with Crippen LogP contribution >= 0.6 is 0 Å². The molecule has 2 aromatic rings. The van der Waals surface area contributed by atoms with Crippen LogP contribution in [-0.2, 0) is 0 Å². The zero-order chi connectivity index (χ0) is 13.0. The highest BCUT2D eigenvalue weighted by molar-refractivity contribution is 5.26. The zero-order valence-electron chi connectivity index (χ0n) is 9.64. The second kappa shape index (κ2) is 5.60. The lowest BCUT2D eigenvalue weighted by Crippen LogP contribution is -2.19. The first kappa shape index (κ1) is 12.5. The molecule has 0 radical (unpaired) electrons. The Morgan fingerprint density at radius 2 is 1.67 bits per heavy atom. The summed E-state index contributed by atoms with van der Waals surface area (Å²) in [6.07, 6.45) is -0.586. The van der Waals surface area contributed by atoms with Crippen LogP contribution in [0, 0.1) is 11.6 Å². The van der Waals surface area contributed by atoms with Crippen LogP contribution in [-0.4, -0.2) is 6.54 Å². The summed E-state index contributed by atoms with van der Waals surface area (Å²) < 4.78 is 31.9. The van der Waals surface area contributed by atoms with Crippen molar-refractivity contribution in [2.24, 2.45) is 5.73 Å². The Bertz CT molecular complexity index is 513. The molecule has 0 aliphatic heterocycles. The summed E-state index contributed by atoms with van der Waals surface area (Å²) in [5.41, 5.74) is 5.98. The quantitative estimate of drug-likeness (QED) is 0.903. The van der Waals surface area contributed by atoms with Gasteiger partial charge in [0.25, 0.3) is 0 Å². The van der Waals surface area contributed by atoms with E-state index in [1.54, 1.807) is 18.2 Å². The summed E-state index contributed by atoms with van der Waals surface area (Å²) in [5, 5.41) is 0. The van der Waals surface area contributed by atoms with Crippen molar-refractivity contribution >= 4 is 0 Å². The van der Waals surface area contributed by atoms with E-state index < -0.39 is 6.10 Å². The van der Waals surface area contributed by atoms with Crippen molar-refractivity contribution in [2.75, 3.05) is 6.54 Å². The zero-order valence-corrected chi connectivity index (χ0v) is 9.64. The monoisotopic (exact) mass is 249 g/mol. The molecular weight excluding hydrogens is 236 g/mol. The predicted molar refractivity (Wildman–Crippen MR) is 65.2 cm³/mol. The first-order chi connectivity index (χ1) is 8.70. The molecule has 0 spiro atoms. The lowest BCUT2D eigenvalue weighted by atomic mass is 10.1. The van der Waals surface area contributed by atoms with E-state index in [1.165, 1.54) is 30.3 Å². The van der Waals surface area contributed by atoms with Crippen LogP contribution < -0.4 is 10.5 Å². The Balaban J connectivity index is 2.20. The van der Waals surface area contributed by atoms with Crippen molar-refractivity contribution in [3.05, 3.63) is 65.7 Å². The number of nitrogens with two attached hydrogens (primary N) is 1. The Kier molecular flexibility index (Phi) is 3.89. The van der Waals surface area contributed by atoms with E-state index in [-0.39, 0.29) is 18.2 Å². The summed E-state index contributed by atoms with van der Waals surface area (Å²) in [7, 11) is 0. The highest BCUT2D eigenvalue weighted by atomic mass is 19.1. The van der Waals surface area contributed by atoms with Gasteiger partial charge in [-0.05, 0) is 30.3 Å². The maximum Gasteiger partial charge on any atom is 0.139 e. The van der Waals surface area contributed by atoms with Gasteiger partial charge in [0.1, 0.15) is 23.5 Å². The largest absolute Gasteiger partial charge is 0.484 e. The van der Waals surface area contributed by atoms with Crippen LogP contribution in [0.15, 0.2) is 48.5 Å². The SMILES string of the molecule is NCC(Oc1ccc(F)cc1)c1ccccc1F. The van der Waals surface area contributed by atoms with E-state index in [2.05, 4.69) is 0 Å². The molecule has 2 rings (SSSR count). The van der Waals surface area contributed by atoms with Crippen molar-refractivity contribution in [1.29, 1.82) is 0 Å². The van der Waals surface area contributed by atoms with E-state index in [1.807, 2.05) is 0 Å². The van der Waals surface area contributed by atoms with Gasteiger partial charge in [0.2, 0.25) is 0 Å². The van der Waals surface area contributed by atoms with Crippen molar-refractivity contribution in [1.82, 2.24) is 0 Å². The highest BCUT2D eigenvalue weighted by Gasteiger charge is 2.15. The maximum atomic E-state index is 13.6. The Hall–Kier alpha value is -1.94. The van der Waals surface area contributed by atoms with Crippen LogP contribution in [0.1, 0.15) is 11.7 Å². The van der Waals surface area contributed by atoms with Gasteiger partial charge in [-0.2, -0.15) is 0 Å². The van der Waals surface area contributed by atoms with Gasteiger partial charge in [-0.15, -0.1) is 0 Å². The van der Waals surface area contributed by atoms with Crippen molar-refractivity contribution < 1.29 is 13.5 Å². The maximum absolute atomic E-state index is 13.6. The fraction of sp³-hybridized carbons (Fsp3) is 0.143. The summed E-state index contributed by atoms with van der Waals surface area (Å²) in [6, 6.07) is 11.8. The molecule has 94 valence electrons. The summed E-state index contributed by atoms with van der Waals surface area (Å²) >= 11 is 0. The molecule has 2 aromatic carbocycles. The fourth-order valence-corrected chi connectivity index (χ4v) is 1.65. The molecule has 0 amide bonds. The molecule has 4 heteroatoms. The van der Waals surface area contributed by atoms with E-state index >= 15 is 0 Å². The number of hydrogen-bond donors (Lipinski definition) is 1. The molecule has 1 atom stereocenters. The Labute approximate surface area is 104 Å². The summed E-state index contributed by atoms with van der Waals surface area (Å²) in [4.78, 5) is 0. The van der Waals surface area contributed by atoms with Crippen LogP contribution in [0.2, 0.25) is 0 Å². The average molecular weight is 249 g/mol. The minimum atomic E-state index is -0.586. The standard InChI is InChI=1S/C14H13F2NO/c15-10-5-7-11(8-6-10)18-14(9-17)12-3-1-2-4-13(12)16/h1-8,14H,9,17H2. The number of benzene rings is 2. The normalized spacial score (nSPS) is 12.2. The van der Waals surface area contributed by atoms with Gasteiger partial charge < -0.3 is 10.5 Å². The van der Waals surface area contributed by atoms with Crippen LogP contribution in [0.25, 0.3) is 0 Å². The molecule has 18 heavy (non-hydrogen) atoms.